The van der Waals surface area contributed by atoms with Crippen LogP contribution in [0.25, 0.3) is 22.4 Å². The molecule has 0 saturated carbocycles. The van der Waals surface area contributed by atoms with Crippen LogP contribution in [0.2, 0.25) is 5.02 Å². The molecular formula is C16H15ClN4O3S. The van der Waals surface area contributed by atoms with Gasteiger partial charge in [-0.05, 0) is 12.1 Å². The average Bonchev–Trinajstić information content (AvgIpc) is 2.62. The van der Waals surface area contributed by atoms with Gasteiger partial charge < -0.3 is 5.11 Å². The molecule has 1 aromatic carbocycles. The number of benzene rings is 1. The van der Waals surface area contributed by atoms with Crippen LogP contribution in [-0.4, -0.2) is 36.6 Å². The molecule has 0 atom stereocenters. The molecule has 0 bridgehead atoms. The number of fused-ring (bicyclic) bond motifs is 1. The number of nitrogens with zero attached hydrogens (tertiary/aromatic N) is 4. The number of aromatic nitrogens is 4. The SMILES string of the molecule is Cn1c(=O)c2c(SCCO)nc(-c3cccc(Cl)c3)nc2n(C)c1=O. The molecule has 25 heavy (non-hydrogen) atoms. The minimum atomic E-state index is -0.466. The predicted octanol–water partition coefficient (Wildman–Crippen LogP) is 1.43. The summed E-state index contributed by atoms with van der Waals surface area (Å²) >= 11 is 7.27. The number of aliphatic hydroxyl groups excluding tert-OH is 1. The molecule has 0 aliphatic carbocycles. The van der Waals surface area contributed by atoms with E-state index >= 15 is 0 Å². The van der Waals surface area contributed by atoms with Crippen LogP contribution >= 0.6 is 23.4 Å². The molecule has 0 unspecified atom stereocenters. The van der Waals surface area contributed by atoms with Crippen LogP contribution in [0.4, 0.5) is 0 Å². The fourth-order valence-electron chi connectivity index (χ4n) is 2.43. The molecule has 0 amide bonds. The van der Waals surface area contributed by atoms with E-state index < -0.39 is 11.2 Å². The van der Waals surface area contributed by atoms with Crippen LogP contribution in [0.5, 0.6) is 0 Å². The van der Waals surface area contributed by atoms with Crippen molar-refractivity contribution in [3.63, 3.8) is 0 Å². The molecule has 1 N–H and O–H groups in total. The summed E-state index contributed by atoms with van der Waals surface area (Å²) < 4.78 is 2.34. The number of rotatable bonds is 4. The smallest absolute Gasteiger partial charge is 0.332 e. The van der Waals surface area contributed by atoms with E-state index in [1.807, 2.05) is 0 Å². The molecule has 0 fully saturated rings. The van der Waals surface area contributed by atoms with Crippen molar-refractivity contribution in [2.45, 2.75) is 5.03 Å². The highest BCUT2D eigenvalue weighted by Gasteiger charge is 2.18. The van der Waals surface area contributed by atoms with Gasteiger partial charge in [0.25, 0.3) is 5.56 Å². The van der Waals surface area contributed by atoms with E-state index in [0.717, 1.165) is 4.57 Å². The summed E-state index contributed by atoms with van der Waals surface area (Å²) in [7, 11) is 2.97. The third-order valence-electron chi connectivity index (χ3n) is 3.68. The molecule has 2 aromatic heterocycles. The Morgan fingerprint density at radius 1 is 1.20 bits per heavy atom. The van der Waals surface area contributed by atoms with E-state index in [9.17, 15) is 9.59 Å². The first-order valence-electron chi connectivity index (χ1n) is 7.41. The first-order chi connectivity index (χ1) is 11.9. The Kier molecular flexibility index (Phi) is 4.94. The summed E-state index contributed by atoms with van der Waals surface area (Å²) in [6, 6.07) is 7.02. The van der Waals surface area contributed by atoms with Crippen LogP contribution in [0.3, 0.4) is 0 Å². The van der Waals surface area contributed by atoms with Gasteiger partial charge in [-0.15, -0.1) is 11.8 Å². The first-order valence-corrected chi connectivity index (χ1v) is 8.77. The van der Waals surface area contributed by atoms with Crippen LogP contribution in [-0.2, 0) is 14.1 Å². The number of aliphatic hydroxyl groups is 1. The maximum atomic E-state index is 12.6. The molecule has 130 valence electrons. The highest BCUT2D eigenvalue weighted by atomic mass is 35.5. The van der Waals surface area contributed by atoms with E-state index in [1.54, 1.807) is 31.3 Å². The summed E-state index contributed by atoms with van der Waals surface area (Å²) in [5, 5.41) is 10.3. The fraction of sp³-hybridized carbons (Fsp3) is 0.250. The van der Waals surface area contributed by atoms with Crippen LogP contribution in [0.15, 0.2) is 38.9 Å². The zero-order valence-corrected chi connectivity index (χ0v) is 15.1. The summed E-state index contributed by atoms with van der Waals surface area (Å²) in [6.07, 6.45) is 0. The van der Waals surface area contributed by atoms with Crippen molar-refractivity contribution >= 4 is 34.4 Å². The van der Waals surface area contributed by atoms with Gasteiger partial charge >= 0.3 is 5.69 Å². The van der Waals surface area contributed by atoms with E-state index in [1.165, 1.54) is 23.4 Å². The van der Waals surface area contributed by atoms with Gasteiger partial charge in [0, 0.05) is 30.4 Å². The Balaban J connectivity index is 2.39. The molecule has 0 aliphatic heterocycles. The second kappa shape index (κ2) is 6.99. The molecule has 0 spiro atoms. The normalized spacial score (nSPS) is 11.2. The standard InChI is InChI=1S/C16H15ClN4O3S/c1-20-13-11(15(23)21(2)16(20)24)14(25-7-6-22)19-12(18-13)9-4-3-5-10(17)8-9/h3-5,8,22H,6-7H2,1-2H3. The Hall–Kier alpha value is -2.16. The van der Waals surface area contributed by atoms with Crippen molar-refractivity contribution in [1.29, 1.82) is 0 Å². The molecule has 0 aliphatic rings. The molecular weight excluding hydrogens is 364 g/mol. The van der Waals surface area contributed by atoms with Crippen molar-refractivity contribution in [3.05, 3.63) is 50.1 Å². The Bertz CT molecular complexity index is 1080. The van der Waals surface area contributed by atoms with Gasteiger partial charge in [0.15, 0.2) is 11.5 Å². The lowest BCUT2D eigenvalue weighted by molar-refractivity contribution is 0.322. The van der Waals surface area contributed by atoms with Gasteiger partial charge in [0.1, 0.15) is 10.4 Å². The first kappa shape index (κ1) is 17.7. The van der Waals surface area contributed by atoms with Crippen molar-refractivity contribution < 1.29 is 5.11 Å². The zero-order valence-electron chi connectivity index (χ0n) is 13.6. The van der Waals surface area contributed by atoms with Crippen LogP contribution < -0.4 is 11.2 Å². The van der Waals surface area contributed by atoms with Crippen molar-refractivity contribution in [2.24, 2.45) is 14.1 Å². The molecule has 3 aromatic rings. The van der Waals surface area contributed by atoms with Crippen molar-refractivity contribution in [1.82, 2.24) is 19.1 Å². The third kappa shape index (κ3) is 3.20. The fourth-order valence-corrected chi connectivity index (χ4v) is 3.38. The van der Waals surface area contributed by atoms with E-state index in [4.69, 9.17) is 16.7 Å². The third-order valence-corrected chi connectivity index (χ3v) is 4.87. The van der Waals surface area contributed by atoms with Gasteiger partial charge in [-0.1, -0.05) is 23.7 Å². The summed E-state index contributed by atoms with van der Waals surface area (Å²) in [5.41, 5.74) is -0.00516. The second-order valence-corrected chi connectivity index (χ2v) is 6.86. The number of halogens is 1. The summed E-state index contributed by atoms with van der Waals surface area (Å²) in [4.78, 5) is 33.7. The maximum Gasteiger partial charge on any atom is 0.332 e. The second-order valence-electron chi connectivity index (χ2n) is 5.34. The topological polar surface area (TPSA) is 90.0 Å². The van der Waals surface area contributed by atoms with Gasteiger partial charge in [0.2, 0.25) is 0 Å². The Morgan fingerprint density at radius 3 is 2.64 bits per heavy atom. The highest BCUT2D eigenvalue weighted by molar-refractivity contribution is 7.99. The van der Waals surface area contributed by atoms with Crippen LogP contribution in [0, 0.1) is 0 Å². The van der Waals surface area contributed by atoms with E-state index in [0.29, 0.717) is 27.2 Å². The molecule has 3 rings (SSSR count). The molecule has 0 saturated heterocycles. The number of thioether (sulfide) groups is 1. The van der Waals surface area contributed by atoms with Crippen molar-refractivity contribution in [2.75, 3.05) is 12.4 Å². The number of aryl methyl sites for hydroxylation is 1. The molecule has 0 radical (unpaired) electrons. The lowest BCUT2D eigenvalue weighted by Gasteiger charge is -2.11. The van der Waals surface area contributed by atoms with Crippen molar-refractivity contribution in [3.8, 4) is 11.4 Å². The largest absolute Gasteiger partial charge is 0.396 e. The van der Waals surface area contributed by atoms with Gasteiger partial charge in [0.05, 0.1) is 6.61 Å². The van der Waals surface area contributed by atoms with E-state index in [2.05, 4.69) is 9.97 Å². The Labute approximate surface area is 151 Å². The average molecular weight is 379 g/mol. The Morgan fingerprint density at radius 2 is 1.96 bits per heavy atom. The molecule has 7 nitrogen and oxygen atoms in total. The molecule has 9 heteroatoms. The number of hydrogen-bond acceptors (Lipinski definition) is 6. The van der Waals surface area contributed by atoms with Gasteiger partial charge in [-0.3, -0.25) is 13.9 Å². The van der Waals surface area contributed by atoms with Gasteiger partial charge in [-0.2, -0.15) is 0 Å². The molecule has 2 heterocycles. The minimum absolute atomic E-state index is 0.0608. The van der Waals surface area contributed by atoms with E-state index in [-0.39, 0.29) is 17.6 Å². The lowest BCUT2D eigenvalue weighted by Crippen LogP contribution is -2.37. The quantitative estimate of drug-likeness (QED) is 0.545. The summed E-state index contributed by atoms with van der Waals surface area (Å²) in [5.74, 6) is 0.728. The van der Waals surface area contributed by atoms with Crippen LogP contribution in [0.1, 0.15) is 0 Å². The zero-order chi connectivity index (χ0) is 18.1. The maximum absolute atomic E-state index is 12.6. The van der Waals surface area contributed by atoms with Gasteiger partial charge in [-0.25, -0.2) is 14.8 Å². The highest BCUT2D eigenvalue weighted by Crippen LogP contribution is 2.26. The summed E-state index contributed by atoms with van der Waals surface area (Å²) in [6.45, 7) is -0.0608. The predicted molar refractivity (Wildman–Crippen MR) is 98.3 cm³/mol. The minimum Gasteiger partial charge on any atom is -0.396 e. The number of hydrogen-bond donors (Lipinski definition) is 1. The monoisotopic (exact) mass is 378 g/mol. The lowest BCUT2D eigenvalue weighted by atomic mass is 10.2.